The molecule has 2 fully saturated rings. The van der Waals surface area contributed by atoms with Crippen LogP contribution in [0.1, 0.15) is 31.7 Å². The van der Waals surface area contributed by atoms with Crippen LogP contribution in [0.15, 0.2) is 48.7 Å². The van der Waals surface area contributed by atoms with E-state index in [1.807, 2.05) is 43.3 Å². The van der Waals surface area contributed by atoms with Crippen LogP contribution in [0.3, 0.4) is 0 Å². The third-order valence-electron chi connectivity index (χ3n) is 7.60. The number of fused-ring (bicyclic) bond motifs is 2. The van der Waals surface area contributed by atoms with Crippen LogP contribution < -0.4 is 10.6 Å². The molecule has 0 bridgehead atoms. The lowest BCUT2D eigenvalue weighted by molar-refractivity contribution is -0.114. The summed E-state index contributed by atoms with van der Waals surface area (Å²) < 4.78 is 1.13. The van der Waals surface area contributed by atoms with Crippen molar-refractivity contribution in [3.05, 3.63) is 60.0 Å². The van der Waals surface area contributed by atoms with Gasteiger partial charge in [0.15, 0.2) is 0 Å². The van der Waals surface area contributed by atoms with Gasteiger partial charge in [-0.05, 0) is 43.5 Å². The number of rotatable bonds is 6. The first-order valence-electron chi connectivity index (χ1n) is 11.6. The third-order valence-corrected chi connectivity index (χ3v) is 8.65. The molecular weight excluding hydrogens is 444 g/mol. The molecular formula is C26H26N6OS. The van der Waals surface area contributed by atoms with Gasteiger partial charge in [-0.25, -0.2) is 9.97 Å². The van der Waals surface area contributed by atoms with Crippen molar-refractivity contribution in [3.63, 3.8) is 0 Å². The summed E-state index contributed by atoms with van der Waals surface area (Å²) in [4.78, 5) is 31.2. The number of benzene rings is 1. The summed E-state index contributed by atoms with van der Waals surface area (Å²) in [5.41, 5.74) is 3.48. The second kappa shape index (κ2) is 7.84. The zero-order chi connectivity index (χ0) is 23.4. The van der Waals surface area contributed by atoms with Gasteiger partial charge >= 0.3 is 0 Å². The number of nitrogens with one attached hydrogen (secondary N) is 2. The van der Waals surface area contributed by atoms with Crippen molar-refractivity contribution >= 4 is 39.1 Å². The Bertz CT molecular complexity index is 1370. The summed E-state index contributed by atoms with van der Waals surface area (Å²) in [5, 5.41) is 7.91. The van der Waals surface area contributed by atoms with Gasteiger partial charge in [-0.2, -0.15) is 4.98 Å². The molecule has 3 heterocycles. The second-order valence-corrected chi connectivity index (χ2v) is 10.5. The number of anilines is 2. The molecule has 8 heteroatoms. The molecule has 4 aromatic rings. The molecule has 2 aliphatic carbocycles. The van der Waals surface area contributed by atoms with Crippen molar-refractivity contribution in [2.75, 3.05) is 10.6 Å². The van der Waals surface area contributed by atoms with Crippen molar-refractivity contribution < 1.29 is 4.79 Å². The highest BCUT2D eigenvalue weighted by atomic mass is 32.1. The molecule has 4 unspecified atom stereocenters. The molecule has 1 aromatic carbocycles. The molecule has 34 heavy (non-hydrogen) atoms. The van der Waals surface area contributed by atoms with Gasteiger partial charge in [0.2, 0.25) is 5.95 Å². The van der Waals surface area contributed by atoms with Crippen LogP contribution in [0.25, 0.3) is 20.8 Å². The molecule has 0 spiro atoms. The van der Waals surface area contributed by atoms with Crippen molar-refractivity contribution in [1.82, 2.24) is 19.9 Å². The maximum absolute atomic E-state index is 12.3. The molecule has 0 saturated heterocycles. The van der Waals surface area contributed by atoms with E-state index in [9.17, 15) is 4.79 Å². The zero-order valence-corrected chi connectivity index (χ0v) is 20.2. The van der Waals surface area contributed by atoms with Gasteiger partial charge in [-0.15, -0.1) is 11.3 Å². The Kier molecular flexibility index (Phi) is 4.88. The first-order valence-corrected chi connectivity index (χ1v) is 12.5. The van der Waals surface area contributed by atoms with E-state index in [-0.39, 0.29) is 23.3 Å². The highest BCUT2D eigenvalue weighted by molar-refractivity contribution is 7.21. The monoisotopic (exact) mass is 470 g/mol. The van der Waals surface area contributed by atoms with Crippen molar-refractivity contribution in [2.45, 2.75) is 39.8 Å². The Balaban J connectivity index is 1.37. The molecule has 3 aromatic heterocycles. The van der Waals surface area contributed by atoms with Gasteiger partial charge in [0.05, 0.1) is 33.7 Å². The summed E-state index contributed by atoms with van der Waals surface area (Å²) in [6.07, 6.45) is 2.62. The van der Waals surface area contributed by atoms with Crippen LogP contribution in [0.4, 0.5) is 11.8 Å². The minimum absolute atomic E-state index is 0.163. The van der Waals surface area contributed by atoms with Crippen molar-refractivity contribution in [2.24, 2.45) is 17.3 Å². The van der Waals surface area contributed by atoms with Gasteiger partial charge < -0.3 is 10.6 Å². The topological polar surface area (TPSA) is 92.7 Å². The lowest BCUT2D eigenvalue weighted by Gasteiger charge is -2.25. The highest BCUT2D eigenvalue weighted by Crippen LogP contribution is 2.63. The molecule has 172 valence electrons. The van der Waals surface area contributed by atoms with E-state index >= 15 is 0 Å². The number of para-hydroxylation sites is 1. The number of carbonyl (C=O) groups is 1. The summed E-state index contributed by atoms with van der Waals surface area (Å²) in [7, 11) is 0. The number of thiazole rings is 1. The first kappa shape index (κ1) is 21.2. The smallest absolute Gasteiger partial charge is 0.225 e. The molecule has 6 rings (SSSR count). The molecule has 7 nitrogen and oxygen atoms in total. The minimum atomic E-state index is -0.199. The first-order chi connectivity index (χ1) is 16.4. The van der Waals surface area contributed by atoms with Gasteiger partial charge in [0.1, 0.15) is 16.6 Å². The lowest BCUT2D eigenvalue weighted by Crippen LogP contribution is -2.30. The van der Waals surface area contributed by atoms with Crippen molar-refractivity contribution in [3.8, 4) is 10.6 Å². The number of Topliss-reactive ketones (excluding diaryl/α,β-unsaturated/α-hetero) is 1. The molecule has 2 saturated carbocycles. The summed E-state index contributed by atoms with van der Waals surface area (Å²) in [5.74, 6) is 2.13. The van der Waals surface area contributed by atoms with E-state index in [1.54, 1.807) is 17.5 Å². The Labute approximate surface area is 202 Å². The normalized spacial score (nSPS) is 25.4. The fourth-order valence-corrected chi connectivity index (χ4v) is 6.35. The molecule has 0 radical (unpaired) electrons. The number of carbonyl (C=O) groups excluding carboxylic acids is 1. The number of nitrogens with zero attached hydrogens (tertiary/aromatic N) is 4. The highest BCUT2D eigenvalue weighted by Gasteiger charge is 2.70. The summed E-state index contributed by atoms with van der Waals surface area (Å²) in [6.45, 7) is 6.81. The maximum atomic E-state index is 12.3. The van der Waals surface area contributed by atoms with Crippen LogP contribution in [0, 0.1) is 24.2 Å². The molecule has 2 aliphatic rings. The fraction of sp³-hybridized carbons (Fsp3) is 0.346. The Morgan fingerprint density at radius 2 is 1.94 bits per heavy atom. The fourth-order valence-electron chi connectivity index (χ4n) is 5.29. The summed E-state index contributed by atoms with van der Waals surface area (Å²) >= 11 is 1.65. The van der Waals surface area contributed by atoms with E-state index < -0.39 is 0 Å². The van der Waals surface area contributed by atoms with Crippen molar-refractivity contribution in [1.29, 1.82) is 0 Å². The molecule has 0 amide bonds. The predicted octanol–water partition coefficient (Wildman–Crippen LogP) is 5.09. The van der Waals surface area contributed by atoms with Crippen LogP contribution in [-0.4, -0.2) is 31.8 Å². The Morgan fingerprint density at radius 1 is 1.12 bits per heavy atom. The average Bonchev–Trinajstić information content (AvgIpc) is 3.13. The SMILES string of the molecule is Cc1nc(NCc2ccccn2)nc(NC2CC3C(=O)C3(C)C2C)c1-c1nc2ccccc2s1. The maximum Gasteiger partial charge on any atom is 0.225 e. The van der Waals surface area contributed by atoms with E-state index in [2.05, 4.69) is 35.5 Å². The van der Waals surface area contributed by atoms with Gasteiger partial charge in [-0.3, -0.25) is 9.78 Å². The van der Waals surface area contributed by atoms with Crippen LogP contribution in [0.5, 0.6) is 0 Å². The van der Waals surface area contributed by atoms with E-state index in [0.717, 1.165) is 44.4 Å². The van der Waals surface area contributed by atoms with Gasteiger partial charge in [0, 0.05) is 23.6 Å². The minimum Gasteiger partial charge on any atom is -0.366 e. The number of ketones is 1. The number of hydrogen-bond donors (Lipinski definition) is 2. The average molecular weight is 471 g/mol. The largest absolute Gasteiger partial charge is 0.366 e. The zero-order valence-electron chi connectivity index (χ0n) is 19.4. The molecule has 4 atom stereocenters. The molecule has 2 N–H and O–H groups in total. The van der Waals surface area contributed by atoms with E-state index in [1.165, 1.54) is 0 Å². The van der Waals surface area contributed by atoms with Crippen LogP contribution in [0.2, 0.25) is 0 Å². The van der Waals surface area contributed by atoms with Crippen LogP contribution in [-0.2, 0) is 11.3 Å². The Hall–Kier alpha value is -3.39. The second-order valence-electron chi connectivity index (χ2n) is 9.49. The standard InChI is InChI=1S/C26H26N6OS/c1-14-19(12-17-22(33)26(14,17)3)30-23-21(24-31-18-9-4-5-10-20(18)34-24)15(2)29-25(32-23)28-13-16-8-6-7-11-27-16/h4-11,14,17,19H,12-13H2,1-3H3,(H2,28,29,30,32). The third kappa shape index (κ3) is 3.36. The van der Waals surface area contributed by atoms with E-state index in [4.69, 9.17) is 15.0 Å². The number of hydrogen-bond acceptors (Lipinski definition) is 8. The van der Waals surface area contributed by atoms with Crippen LogP contribution >= 0.6 is 11.3 Å². The van der Waals surface area contributed by atoms with Gasteiger partial charge in [-0.1, -0.05) is 32.0 Å². The predicted molar refractivity (Wildman–Crippen MR) is 135 cm³/mol. The Morgan fingerprint density at radius 3 is 2.68 bits per heavy atom. The lowest BCUT2D eigenvalue weighted by atomic mass is 9.90. The van der Waals surface area contributed by atoms with Gasteiger partial charge in [0.25, 0.3) is 0 Å². The number of aromatic nitrogens is 4. The summed E-state index contributed by atoms with van der Waals surface area (Å²) in [6, 6.07) is 14.2. The quantitative estimate of drug-likeness (QED) is 0.405. The number of pyridine rings is 1. The molecule has 0 aliphatic heterocycles. The number of aryl methyl sites for hydroxylation is 1. The van der Waals surface area contributed by atoms with E-state index in [0.29, 0.717) is 18.3 Å².